The third-order valence-electron chi connectivity index (χ3n) is 3.88. The maximum atomic E-state index is 6.04. The SMILES string of the molecule is CNC(C)CC=Cc1cncc(OC2CCCCC2)c1. The smallest absolute Gasteiger partial charge is 0.138 e. The molecule has 1 fully saturated rings. The number of hydrogen-bond donors (Lipinski definition) is 1. The molecule has 3 heteroatoms. The average molecular weight is 274 g/mol. The summed E-state index contributed by atoms with van der Waals surface area (Å²) in [6.07, 6.45) is 15.7. The Morgan fingerprint density at radius 1 is 1.35 bits per heavy atom. The topological polar surface area (TPSA) is 34.2 Å². The van der Waals surface area contributed by atoms with Crippen molar-refractivity contribution in [2.45, 2.75) is 57.6 Å². The van der Waals surface area contributed by atoms with E-state index in [9.17, 15) is 0 Å². The number of pyridine rings is 1. The van der Waals surface area contributed by atoms with Crippen LogP contribution in [0.25, 0.3) is 6.08 Å². The average Bonchev–Trinajstić information content (AvgIpc) is 2.48. The molecule has 3 nitrogen and oxygen atoms in total. The molecule has 2 rings (SSSR count). The third kappa shape index (κ3) is 4.97. The van der Waals surface area contributed by atoms with E-state index < -0.39 is 0 Å². The Bertz CT molecular complexity index is 425. The van der Waals surface area contributed by atoms with Gasteiger partial charge in [-0.2, -0.15) is 0 Å². The van der Waals surface area contributed by atoms with Crippen LogP contribution in [-0.4, -0.2) is 24.2 Å². The predicted molar refractivity (Wildman–Crippen MR) is 83.9 cm³/mol. The maximum Gasteiger partial charge on any atom is 0.138 e. The fraction of sp³-hybridized carbons (Fsp3) is 0.588. The van der Waals surface area contributed by atoms with Gasteiger partial charge < -0.3 is 10.1 Å². The standard InChI is InChI=1S/C17H26N2O/c1-14(18-2)7-6-8-15-11-17(13-19-12-15)20-16-9-4-3-5-10-16/h6,8,11-14,16,18H,3-5,7,9-10H2,1-2H3. The first kappa shape index (κ1) is 15.0. The minimum absolute atomic E-state index is 0.383. The predicted octanol–water partition coefficient (Wildman–Crippen LogP) is 3.80. The number of nitrogens with one attached hydrogen (secondary N) is 1. The summed E-state index contributed by atoms with van der Waals surface area (Å²) in [5.41, 5.74) is 1.11. The largest absolute Gasteiger partial charge is 0.489 e. The van der Waals surface area contributed by atoms with E-state index in [4.69, 9.17) is 4.74 Å². The highest BCUT2D eigenvalue weighted by molar-refractivity contribution is 5.49. The summed E-state index contributed by atoms with van der Waals surface area (Å²) in [6.45, 7) is 2.17. The summed E-state index contributed by atoms with van der Waals surface area (Å²) in [4.78, 5) is 4.28. The zero-order valence-corrected chi connectivity index (χ0v) is 12.6. The molecule has 0 amide bonds. The quantitative estimate of drug-likeness (QED) is 0.856. The monoisotopic (exact) mass is 274 g/mol. The van der Waals surface area contributed by atoms with Gasteiger partial charge in [0.25, 0.3) is 0 Å². The summed E-state index contributed by atoms with van der Waals surface area (Å²) in [7, 11) is 1.98. The van der Waals surface area contributed by atoms with Crippen molar-refractivity contribution < 1.29 is 4.74 Å². The molecule has 1 aliphatic rings. The van der Waals surface area contributed by atoms with Crippen LogP contribution in [0.15, 0.2) is 24.5 Å². The van der Waals surface area contributed by atoms with Crippen LogP contribution < -0.4 is 10.1 Å². The third-order valence-corrected chi connectivity index (χ3v) is 3.88. The van der Waals surface area contributed by atoms with Crippen LogP contribution in [0.3, 0.4) is 0 Å². The molecule has 0 saturated heterocycles. The first-order valence-electron chi connectivity index (χ1n) is 7.73. The summed E-state index contributed by atoms with van der Waals surface area (Å²) < 4.78 is 6.04. The van der Waals surface area contributed by atoms with E-state index in [1.807, 2.05) is 19.4 Å². The van der Waals surface area contributed by atoms with E-state index in [1.165, 1.54) is 32.1 Å². The van der Waals surface area contributed by atoms with Crippen molar-refractivity contribution in [2.75, 3.05) is 7.05 Å². The highest BCUT2D eigenvalue weighted by Gasteiger charge is 2.14. The molecule has 0 aliphatic heterocycles. The Hall–Kier alpha value is -1.35. The molecule has 20 heavy (non-hydrogen) atoms. The second-order valence-electron chi connectivity index (χ2n) is 5.66. The lowest BCUT2D eigenvalue weighted by Gasteiger charge is -2.22. The molecule has 1 saturated carbocycles. The van der Waals surface area contributed by atoms with Crippen molar-refractivity contribution in [1.29, 1.82) is 0 Å². The van der Waals surface area contributed by atoms with Crippen molar-refractivity contribution in [2.24, 2.45) is 0 Å². The van der Waals surface area contributed by atoms with Crippen LogP contribution >= 0.6 is 0 Å². The molecule has 0 bridgehead atoms. The minimum atomic E-state index is 0.383. The summed E-state index contributed by atoms with van der Waals surface area (Å²) in [5.74, 6) is 0.903. The highest BCUT2D eigenvalue weighted by Crippen LogP contribution is 2.23. The van der Waals surface area contributed by atoms with E-state index in [1.54, 1.807) is 0 Å². The second kappa shape index (κ2) is 8.05. The van der Waals surface area contributed by atoms with Crippen molar-refractivity contribution >= 4 is 6.08 Å². The normalized spacial score (nSPS) is 18.3. The van der Waals surface area contributed by atoms with Gasteiger partial charge in [0.1, 0.15) is 5.75 Å². The molecule has 0 radical (unpaired) electrons. The van der Waals surface area contributed by atoms with Crippen LogP contribution in [-0.2, 0) is 0 Å². The van der Waals surface area contributed by atoms with Gasteiger partial charge in [0.05, 0.1) is 12.3 Å². The molecule has 1 heterocycles. The molecule has 110 valence electrons. The van der Waals surface area contributed by atoms with Gasteiger partial charge in [0.2, 0.25) is 0 Å². The molecule has 1 aromatic rings. The Kier molecular flexibility index (Phi) is 6.06. The van der Waals surface area contributed by atoms with Crippen LogP contribution in [0.4, 0.5) is 0 Å². The van der Waals surface area contributed by atoms with E-state index in [2.05, 4.69) is 35.4 Å². The van der Waals surface area contributed by atoms with E-state index >= 15 is 0 Å². The van der Waals surface area contributed by atoms with Gasteiger partial charge in [-0.05, 0) is 57.7 Å². The Morgan fingerprint density at radius 2 is 2.15 bits per heavy atom. The zero-order valence-electron chi connectivity index (χ0n) is 12.6. The highest BCUT2D eigenvalue weighted by atomic mass is 16.5. The molecule has 1 atom stereocenters. The fourth-order valence-electron chi connectivity index (χ4n) is 2.49. The van der Waals surface area contributed by atoms with Crippen LogP contribution in [0.1, 0.15) is 51.0 Å². The number of ether oxygens (including phenoxy) is 1. The van der Waals surface area contributed by atoms with Gasteiger partial charge in [-0.25, -0.2) is 0 Å². The lowest BCUT2D eigenvalue weighted by Crippen LogP contribution is -2.19. The van der Waals surface area contributed by atoms with E-state index in [0.29, 0.717) is 12.1 Å². The van der Waals surface area contributed by atoms with Gasteiger partial charge in [-0.15, -0.1) is 0 Å². The van der Waals surface area contributed by atoms with Gasteiger partial charge in [0.15, 0.2) is 0 Å². The summed E-state index contributed by atoms with van der Waals surface area (Å²) >= 11 is 0. The lowest BCUT2D eigenvalue weighted by atomic mass is 9.98. The molecule has 1 N–H and O–H groups in total. The summed E-state index contributed by atoms with van der Waals surface area (Å²) in [6, 6.07) is 2.59. The molecule has 0 spiro atoms. The van der Waals surface area contributed by atoms with Crippen molar-refractivity contribution in [1.82, 2.24) is 10.3 Å². The first-order valence-corrected chi connectivity index (χ1v) is 7.73. The number of aromatic nitrogens is 1. The maximum absolute atomic E-state index is 6.04. The zero-order chi connectivity index (χ0) is 14.2. The molecule has 1 aliphatic carbocycles. The Balaban J connectivity index is 1.89. The number of nitrogens with zero attached hydrogens (tertiary/aromatic N) is 1. The lowest BCUT2D eigenvalue weighted by molar-refractivity contribution is 0.154. The molecular formula is C17H26N2O. The van der Waals surface area contributed by atoms with Gasteiger partial charge >= 0.3 is 0 Å². The van der Waals surface area contributed by atoms with Gasteiger partial charge in [-0.3, -0.25) is 4.98 Å². The van der Waals surface area contributed by atoms with Gasteiger partial charge in [-0.1, -0.05) is 18.6 Å². The fourth-order valence-corrected chi connectivity index (χ4v) is 2.49. The molecular weight excluding hydrogens is 248 g/mol. The van der Waals surface area contributed by atoms with E-state index in [-0.39, 0.29) is 0 Å². The first-order chi connectivity index (χ1) is 9.78. The number of rotatable bonds is 6. The Morgan fingerprint density at radius 3 is 2.90 bits per heavy atom. The molecule has 0 aromatic carbocycles. The van der Waals surface area contributed by atoms with Gasteiger partial charge in [0, 0.05) is 12.2 Å². The summed E-state index contributed by atoms with van der Waals surface area (Å²) in [5, 5.41) is 3.23. The van der Waals surface area contributed by atoms with Crippen molar-refractivity contribution in [3.05, 3.63) is 30.1 Å². The van der Waals surface area contributed by atoms with Crippen molar-refractivity contribution in [3.63, 3.8) is 0 Å². The minimum Gasteiger partial charge on any atom is -0.489 e. The molecule has 1 aromatic heterocycles. The van der Waals surface area contributed by atoms with Crippen LogP contribution in [0.5, 0.6) is 5.75 Å². The molecule has 1 unspecified atom stereocenters. The van der Waals surface area contributed by atoms with Crippen LogP contribution in [0, 0.1) is 0 Å². The van der Waals surface area contributed by atoms with E-state index in [0.717, 1.165) is 17.7 Å². The van der Waals surface area contributed by atoms with Crippen LogP contribution in [0.2, 0.25) is 0 Å². The number of hydrogen-bond acceptors (Lipinski definition) is 3. The second-order valence-corrected chi connectivity index (χ2v) is 5.66. The Labute approximate surface area is 122 Å². The van der Waals surface area contributed by atoms with Crippen molar-refractivity contribution in [3.8, 4) is 5.75 Å².